The molecule has 0 saturated carbocycles. The quantitative estimate of drug-likeness (QED) is 0.635. The molecule has 0 aliphatic carbocycles. The first kappa shape index (κ1) is 17.6. The Morgan fingerprint density at radius 3 is 2.92 bits per heavy atom. The molecule has 1 fully saturated rings. The Bertz CT molecular complexity index is 924. The van der Waals surface area contributed by atoms with Gasteiger partial charge in [0, 0.05) is 6.20 Å². The molecule has 25 heavy (non-hydrogen) atoms. The molecule has 3 heterocycles. The largest absolute Gasteiger partial charge is 0.289 e. The van der Waals surface area contributed by atoms with Crippen LogP contribution in [0, 0.1) is 6.92 Å². The van der Waals surface area contributed by atoms with Gasteiger partial charge in [-0.2, -0.15) is 10.2 Å². The van der Waals surface area contributed by atoms with Crippen LogP contribution in [0.5, 0.6) is 0 Å². The molecular formula is C15H16ClN5O3S. The monoisotopic (exact) mass is 381 g/mol. The summed E-state index contributed by atoms with van der Waals surface area (Å²) in [6, 6.07) is 4.70. The molecule has 132 valence electrons. The summed E-state index contributed by atoms with van der Waals surface area (Å²) in [5, 5.41) is 8.51. The Morgan fingerprint density at radius 1 is 1.48 bits per heavy atom. The van der Waals surface area contributed by atoms with Crippen molar-refractivity contribution in [1.82, 2.24) is 20.2 Å². The minimum atomic E-state index is -3.04. The summed E-state index contributed by atoms with van der Waals surface area (Å²) in [6.07, 6.45) is 3.39. The molecule has 2 aromatic rings. The number of nitrogens with one attached hydrogen (secondary N) is 1. The van der Waals surface area contributed by atoms with Crippen molar-refractivity contribution in [2.75, 3.05) is 11.5 Å². The zero-order chi connectivity index (χ0) is 18.0. The minimum Gasteiger partial charge on any atom is -0.266 e. The van der Waals surface area contributed by atoms with Crippen molar-refractivity contribution >= 4 is 33.6 Å². The Hall–Kier alpha value is -2.26. The summed E-state index contributed by atoms with van der Waals surface area (Å²) >= 11 is 6.32. The van der Waals surface area contributed by atoms with E-state index < -0.39 is 15.7 Å². The van der Waals surface area contributed by atoms with E-state index in [4.69, 9.17) is 11.6 Å². The number of aryl methyl sites for hydroxylation is 1. The summed E-state index contributed by atoms with van der Waals surface area (Å²) in [7, 11) is -3.04. The van der Waals surface area contributed by atoms with Gasteiger partial charge < -0.3 is 0 Å². The number of pyridine rings is 1. The third-order valence-electron chi connectivity index (χ3n) is 3.88. The zero-order valence-corrected chi connectivity index (χ0v) is 15.0. The minimum absolute atomic E-state index is 0.0286. The molecule has 0 unspecified atom stereocenters. The maximum absolute atomic E-state index is 11.9. The van der Waals surface area contributed by atoms with E-state index in [2.05, 4.69) is 20.6 Å². The van der Waals surface area contributed by atoms with Crippen LogP contribution in [0.4, 0.5) is 0 Å². The number of hydrazone groups is 1. The number of carbonyl (C=O) groups is 1. The molecule has 2 aromatic heterocycles. The van der Waals surface area contributed by atoms with Crippen LogP contribution in [0.15, 0.2) is 29.5 Å². The highest BCUT2D eigenvalue weighted by atomic mass is 35.5. The van der Waals surface area contributed by atoms with Crippen molar-refractivity contribution < 1.29 is 13.2 Å². The molecule has 0 spiro atoms. The smallest absolute Gasteiger partial charge is 0.266 e. The van der Waals surface area contributed by atoms with Gasteiger partial charge in [0.05, 0.1) is 35.0 Å². The number of halogens is 1. The molecule has 0 bridgehead atoms. The fourth-order valence-corrected chi connectivity index (χ4v) is 4.65. The van der Waals surface area contributed by atoms with Gasteiger partial charge in [-0.15, -0.1) is 0 Å². The van der Waals surface area contributed by atoms with Crippen molar-refractivity contribution in [1.29, 1.82) is 0 Å². The van der Waals surface area contributed by atoms with E-state index in [1.54, 1.807) is 25.1 Å². The topological polar surface area (TPSA) is 106 Å². The second kappa shape index (κ2) is 6.93. The molecule has 0 radical (unpaired) electrons. The molecular weight excluding hydrogens is 366 g/mol. The zero-order valence-electron chi connectivity index (χ0n) is 13.4. The highest BCUT2D eigenvalue weighted by Gasteiger charge is 2.31. The Balaban J connectivity index is 1.74. The molecule has 0 aromatic carbocycles. The predicted octanol–water partition coefficient (Wildman–Crippen LogP) is 1.36. The molecule has 1 aliphatic heterocycles. The number of aromatic nitrogens is 3. The van der Waals surface area contributed by atoms with Crippen molar-refractivity contribution in [3.05, 3.63) is 46.5 Å². The number of sulfone groups is 1. The van der Waals surface area contributed by atoms with E-state index in [-0.39, 0.29) is 23.2 Å². The SMILES string of the molecule is Cc1nn([C@@H]2CCS(=O)(=O)C2)c(Cl)c1/C=N\NC(=O)c1ccccn1. The number of amides is 1. The number of hydrogen-bond donors (Lipinski definition) is 1. The summed E-state index contributed by atoms with van der Waals surface area (Å²) < 4.78 is 24.8. The van der Waals surface area contributed by atoms with Crippen LogP contribution in [0.1, 0.15) is 34.2 Å². The second-order valence-corrected chi connectivity index (χ2v) is 8.29. The maximum atomic E-state index is 11.9. The third-order valence-corrected chi connectivity index (χ3v) is 6.01. The van der Waals surface area contributed by atoms with E-state index in [0.717, 1.165) is 0 Å². The normalized spacial score (nSPS) is 19.4. The lowest BCUT2D eigenvalue weighted by Gasteiger charge is -2.09. The average Bonchev–Trinajstić information content (AvgIpc) is 3.08. The van der Waals surface area contributed by atoms with Crippen LogP contribution < -0.4 is 5.43 Å². The lowest BCUT2D eigenvalue weighted by atomic mass is 10.2. The number of carbonyl (C=O) groups excluding carboxylic acids is 1. The summed E-state index contributed by atoms with van der Waals surface area (Å²) in [4.78, 5) is 15.8. The van der Waals surface area contributed by atoms with Crippen LogP contribution in [-0.4, -0.2) is 46.8 Å². The third kappa shape index (κ3) is 3.88. The van der Waals surface area contributed by atoms with Crippen molar-refractivity contribution in [3.63, 3.8) is 0 Å². The molecule has 8 nitrogen and oxygen atoms in total. The first-order valence-corrected chi connectivity index (χ1v) is 9.77. The average molecular weight is 382 g/mol. The van der Waals surface area contributed by atoms with Crippen molar-refractivity contribution in [2.24, 2.45) is 5.10 Å². The highest BCUT2D eigenvalue weighted by molar-refractivity contribution is 7.91. The van der Waals surface area contributed by atoms with Gasteiger partial charge in [-0.1, -0.05) is 17.7 Å². The van der Waals surface area contributed by atoms with Crippen LogP contribution >= 0.6 is 11.6 Å². The standard InChI is InChI=1S/C15H16ClN5O3S/c1-10-12(8-18-19-15(22)13-4-2-3-6-17-13)14(16)21(20-10)11-5-7-25(23,24)9-11/h2-4,6,8,11H,5,7,9H2,1H3,(H,19,22)/b18-8-/t11-/m1/s1. The summed E-state index contributed by atoms with van der Waals surface area (Å²) in [5.74, 6) is -0.281. The lowest BCUT2D eigenvalue weighted by Crippen LogP contribution is -2.18. The molecule has 1 aliphatic rings. The Labute approximate surface area is 149 Å². The van der Waals surface area contributed by atoms with Crippen LogP contribution in [0.3, 0.4) is 0 Å². The fraction of sp³-hybridized carbons (Fsp3) is 0.333. The number of nitrogens with zero attached hydrogens (tertiary/aromatic N) is 4. The van der Waals surface area contributed by atoms with E-state index in [1.165, 1.54) is 17.1 Å². The molecule has 1 saturated heterocycles. The first-order chi connectivity index (χ1) is 11.9. The van der Waals surface area contributed by atoms with E-state index >= 15 is 0 Å². The van der Waals surface area contributed by atoms with Gasteiger partial charge in [0.25, 0.3) is 5.91 Å². The van der Waals surface area contributed by atoms with E-state index in [9.17, 15) is 13.2 Å². The van der Waals surface area contributed by atoms with Gasteiger partial charge in [0.2, 0.25) is 0 Å². The Kier molecular flexibility index (Phi) is 4.87. The number of rotatable bonds is 4. The molecule has 10 heteroatoms. The molecule has 1 N–H and O–H groups in total. The van der Waals surface area contributed by atoms with Gasteiger partial charge in [-0.05, 0) is 25.5 Å². The second-order valence-electron chi connectivity index (χ2n) is 5.71. The highest BCUT2D eigenvalue weighted by Crippen LogP contribution is 2.29. The van der Waals surface area contributed by atoms with Crippen LogP contribution in [0.2, 0.25) is 5.15 Å². The Morgan fingerprint density at radius 2 is 2.28 bits per heavy atom. The maximum Gasteiger partial charge on any atom is 0.289 e. The van der Waals surface area contributed by atoms with E-state index in [0.29, 0.717) is 22.8 Å². The molecule has 1 atom stereocenters. The predicted molar refractivity (Wildman–Crippen MR) is 93.6 cm³/mol. The summed E-state index contributed by atoms with van der Waals surface area (Å²) in [6.45, 7) is 1.74. The van der Waals surface area contributed by atoms with Gasteiger partial charge >= 0.3 is 0 Å². The van der Waals surface area contributed by atoms with Gasteiger partial charge in [-0.25, -0.2) is 18.5 Å². The molecule has 1 amide bonds. The van der Waals surface area contributed by atoms with Crippen molar-refractivity contribution in [3.8, 4) is 0 Å². The van der Waals surface area contributed by atoms with Gasteiger partial charge in [-0.3, -0.25) is 9.78 Å². The van der Waals surface area contributed by atoms with Crippen molar-refractivity contribution in [2.45, 2.75) is 19.4 Å². The van der Waals surface area contributed by atoms with Gasteiger partial charge in [0.1, 0.15) is 10.8 Å². The molecule has 3 rings (SSSR count). The fourth-order valence-electron chi connectivity index (χ4n) is 2.60. The van der Waals surface area contributed by atoms with Crippen LogP contribution in [0.25, 0.3) is 0 Å². The van der Waals surface area contributed by atoms with Crippen LogP contribution in [-0.2, 0) is 9.84 Å². The van der Waals surface area contributed by atoms with E-state index in [1.807, 2.05) is 0 Å². The first-order valence-electron chi connectivity index (χ1n) is 7.57. The lowest BCUT2D eigenvalue weighted by molar-refractivity contribution is 0.0950. The van der Waals surface area contributed by atoms with Gasteiger partial charge in [0.15, 0.2) is 9.84 Å². The summed E-state index contributed by atoms with van der Waals surface area (Å²) in [5.41, 5.74) is 3.75. The number of hydrogen-bond acceptors (Lipinski definition) is 6.